The smallest absolute Gasteiger partial charge is 0.0969 e. The van der Waals surface area contributed by atoms with Gasteiger partial charge in [0, 0.05) is 6.54 Å². The molecule has 1 aromatic heterocycles. The van der Waals surface area contributed by atoms with Gasteiger partial charge in [-0.15, -0.1) is 5.10 Å². The molecule has 1 aromatic carbocycles. The van der Waals surface area contributed by atoms with Gasteiger partial charge in [0.25, 0.3) is 0 Å². The Kier molecular flexibility index (Phi) is 4.32. The predicted octanol–water partition coefficient (Wildman–Crippen LogP) is 2.63. The molecule has 4 nitrogen and oxygen atoms in total. The van der Waals surface area contributed by atoms with E-state index in [0.717, 1.165) is 24.5 Å². The Bertz CT molecular complexity index is 523. The van der Waals surface area contributed by atoms with Crippen LogP contribution in [0.15, 0.2) is 24.4 Å². The van der Waals surface area contributed by atoms with Gasteiger partial charge >= 0.3 is 0 Å². The highest BCUT2D eigenvalue weighted by molar-refractivity contribution is 5.38. The Labute approximate surface area is 114 Å². The molecule has 0 amide bonds. The van der Waals surface area contributed by atoms with Crippen molar-refractivity contribution in [1.29, 1.82) is 0 Å². The van der Waals surface area contributed by atoms with Crippen LogP contribution in [0.1, 0.15) is 30.7 Å². The molecule has 2 rings (SSSR count). The Balaban J connectivity index is 2.07. The van der Waals surface area contributed by atoms with E-state index in [2.05, 4.69) is 61.5 Å². The number of nitrogens with one attached hydrogen (secondary N) is 1. The van der Waals surface area contributed by atoms with Crippen LogP contribution in [0.25, 0.3) is 5.69 Å². The third-order valence-corrected chi connectivity index (χ3v) is 2.87. The monoisotopic (exact) mass is 258 g/mol. The lowest BCUT2D eigenvalue weighted by atomic mass is 10.1. The number of hydrogen-bond donors (Lipinski definition) is 1. The van der Waals surface area contributed by atoms with E-state index in [1.165, 1.54) is 11.1 Å². The molecule has 102 valence electrons. The number of aryl methyl sites for hydroxylation is 2. The van der Waals surface area contributed by atoms with Crippen molar-refractivity contribution < 1.29 is 0 Å². The highest BCUT2D eigenvalue weighted by Crippen LogP contribution is 2.12. The molecule has 0 aliphatic carbocycles. The number of rotatable bonds is 5. The third kappa shape index (κ3) is 3.89. The molecule has 1 N–H and O–H groups in total. The van der Waals surface area contributed by atoms with E-state index < -0.39 is 0 Å². The molecule has 0 saturated heterocycles. The lowest BCUT2D eigenvalue weighted by Crippen LogP contribution is -2.19. The second kappa shape index (κ2) is 5.97. The summed E-state index contributed by atoms with van der Waals surface area (Å²) in [7, 11) is 0. The maximum absolute atomic E-state index is 4.20. The van der Waals surface area contributed by atoms with Gasteiger partial charge in [0.1, 0.15) is 0 Å². The molecular formula is C15H22N4. The van der Waals surface area contributed by atoms with Crippen molar-refractivity contribution >= 4 is 0 Å². The molecule has 1 heterocycles. The van der Waals surface area contributed by atoms with Gasteiger partial charge < -0.3 is 5.32 Å². The summed E-state index contributed by atoms with van der Waals surface area (Å²) in [6.07, 6.45) is 1.99. The number of benzene rings is 1. The van der Waals surface area contributed by atoms with Crippen molar-refractivity contribution in [2.24, 2.45) is 5.92 Å². The van der Waals surface area contributed by atoms with Crippen LogP contribution in [0.2, 0.25) is 0 Å². The highest BCUT2D eigenvalue weighted by atomic mass is 15.4. The van der Waals surface area contributed by atoms with Crippen molar-refractivity contribution in [1.82, 2.24) is 20.3 Å². The van der Waals surface area contributed by atoms with E-state index in [-0.39, 0.29) is 0 Å². The van der Waals surface area contributed by atoms with Gasteiger partial charge in [0.05, 0.1) is 17.6 Å². The summed E-state index contributed by atoms with van der Waals surface area (Å²) in [6.45, 7) is 10.3. The van der Waals surface area contributed by atoms with Gasteiger partial charge in [-0.05, 0) is 49.6 Å². The first-order valence-corrected chi connectivity index (χ1v) is 6.75. The van der Waals surface area contributed by atoms with Crippen molar-refractivity contribution in [3.05, 3.63) is 41.2 Å². The van der Waals surface area contributed by atoms with Gasteiger partial charge in [-0.25, -0.2) is 4.68 Å². The zero-order chi connectivity index (χ0) is 13.8. The van der Waals surface area contributed by atoms with Gasteiger partial charge in [-0.3, -0.25) is 0 Å². The Morgan fingerprint density at radius 2 is 1.84 bits per heavy atom. The molecule has 0 fully saturated rings. The van der Waals surface area contributed by atoms with Crippen molar-refractivity contribution in [3.8, 4) is 5.69 Å². The Morgan fingerprint density at radius 3 is 2.47 bits per heavy atom. The highest BCUT2D eigenvalue weighted by Gasteiger charge is 2.04. The molecule has 0 aliphatic heterocycles. The number of nitrogens with zero attached hydrogens (tertiary/aromatic N) is 3. The second-order valence-electron chi connectivity index (χ2n) is 5.53. The molecule has 4 heteroatoms. The van der Waals surface area contributed by atoms with Crippen LogP contribution in [0, 0.1) is 19.8 Å². The lowest BCUT2D eigenvalue weighted by Gasteiger charge is -2.05. The van der Waals surface area contributed by atoms with Gasteiger partial charge in [0.2, 0.25) is 0 Å². The summed E-state index contributed by atoms with van der Waals surface area (Å²) in [5.41, 5.74) is 4.52. The van der Waals surface area contributed by atoms with Gasteiger partial charge in [-0.1, -0.05) is 25.1 Å². The Morgan fingerprint density at radius 1 is 1.16 bits per heavy atom. The average Bonchev–Trinajstić information content (AvgIpc) is 2.76. The van der Waals surface area contributed by atoms with Crippen molar-refractivity contribution in [3.63, 3.8) is 0 Å². The fourth-order valence-electron chi connectivity index (χ4n) is 2.08. The first-order valence-electron chi connectivity index (χ1n) is 6.75. The molecule has 0 radical (unpaired) electrons. The fraction of sp³-hybridized carbons (Fsp3) is 0.467. The minimum atomic E-state index is 0.648. The number of hydrogen-bond acceptors (Lipinski definition) is 3. The van der Waals surface area contributed by atoms with E-state index in [4.69, 9.17) is 0 Å². The van der Waals surface area contributed by atoms with E-state index in [1.54, 1.807) is 0 Å². The third-order valence-electron chi connectivity index (χ3n) is 2.87. The summed E-state index contributed by atoms with van der Waals surface area (Å²) < 4.78 is 1.84. The van der Waals surface area contributed by atoms with Crippen LogP contribution in [-0.4, -0.2) is 21.5 Å². The summed E-state index contributed by atoms with van der Waals surface area (Å²) in [4.78, 5) is 0. The first kappa shape index (κ1) is 13.7. The summed E-state index contributed by atoms with van der Waals surface area (Å²) in [5, 5.41) is 11.8. The van der Waals surface area contributed by atoms with E-state index in [9.17, 15) is 0 Å². The van der Waals surface area contributed by atoms with Crippen LogP contribution in [0.3, 0.4) is 0 Å². The maximum Gasteiger partial charge on any atom is 0.0969 e. The first-order chi connectivity index (χ1) is 9.04. The summed E-state index contributed by atoms with van der Waals surface area (Å²) in [6, 6.07) is 6.39. The van der Waals surface area contributed by atoms with E-state index in [1.807, 2.05) is 10.9 Å². The second-order valence-corrected chi connectivity index (χ2v) is 5.53. The quantitative estimate of drug-likeness (QED) is 0.896. The molecule has 0 unspecified atom stereocenters. The van der Waals surface area contributed by atoms with E-state index in [0.29, 0.717) is 5.92 Å². The number of aromatic nitrogens is 3. The van der Waals surface area contributed by atoms with Crippen LogP contribution in [0.4, 0.5) is 0 Å². The minimum absolute atomic E-state index is 0.648. The zero-order valence-electron chi connectivity index (χ0n) is 12.1. The molecule has 0 atom stereocenters. The largest absolute Gasteiger partial charge is 0.311 e. The fourth-order valence-corrected chi connectivity index (χ4v) is 2.08. The molecule has 0 saturated carbocycles. The van der Waals surface area contributed by atoms with Crippen LogP contribution >= 0.6 is 0 Å². The van der Waals surface area contributed by atoms with Crippen LogP contribution < -0.4 is 5.32 Å². The summed E-state index contributed by atoms with van der Waals surface area (Å²) >= 11 is 0. The predicted molar refractivity (Wildman–Crippen MR) is 77.4 cm³/mol. The lowest BCUT2D eigenvalue weighted by molar-refractivity contribution is 0.548. The minimum Gasteiger partial charge on any atom is -0.311 e. The standard InChI is InChI=1S/C15H22N4/c1-11(2)8-16-9-14-10-19(18-17-14)15-6-12(3)5-13(4)7-15/h5-7,10-11,16H,8-9H2,1-4H3. The molecule has 0 spiro atoms. The van der Waals surface area contributed by atoms with Crippen LogP contribution in [0.5, 0.6) is 0 Å². The molecular weight excluding hydrogens is 236 g/mol. The van der Waals surface area contributed by atoms with Crippen molar-refractivity contribution in [2.75, 3.05) is 6.54 Å². The molecule has 0 aliphatic rings. The zero-order valence-corrected chi connectivity index (χ0v) is 12.1. The maximum atomic E-state index is 4.20. The van der Waals surface area contributed by atoms with Crippen LogP contribution in [-0.2, 0) is 6.54 Å². The normalized spacial score (nSPS) is 11.2. The van der Waals surface area contributed by atoms with E-state index >= 15 is 0 Å². The van der Waals surface area contributed by atoms with Gasteiger partial charge in [0.15, 0.2) is 0 Å². The summed E-state index contributed by atoms with van der Waals surface area (Å²) in [5.74, 6) is 0.648. The molecule has 0 bridgehead atoms. The SMILES string of the molecule is Cc1cc(C)cc(-n2cc(CNCC(C)C)nn2)c1. The molecule has 19 heavy (non-hydrogen) atoms. The van der Waals surface area contributed by atoms with Gasteiger partial charge in [-0.2, -0.15) is 0 Å². The topological polar surface area (TPSA) is 42.7 Å². The Hall–Kier alpha value is -1.68. The molecule has 2 aromatic rings. The average molecular weight is 258 g/mol. The van der Waals surface area contributed by atoms with Crippen molar-refractivity contribution in [2.45, 2.75) is 34.2 Å².